The van der Waals surface area contributed by atoms with Gasteiger partial charge in [0.15, 0.2) is 0 Å². The van der Waals surface area contributed by atoms with Gasteiger partial charge in [0.05, 0.1) is 0 Å². The fraction of sp³-hybridized carbons (Fsp3) is 0.600. The summed E-state index contributed by atoms with van der Waals surface area (Å²) in [5, 5.41) is 0.764. The highest BCUT2D eigenvalue weighted by atomic mass is 35.5. The number of halogens is 1. The van der Waals surface area contributed by atoms with E-state index in [-0.39, 0.29) is 6.04 Å². The van der Waals surface area contributed by atoms with Gasteiger partial charge in [0, 0.05) is 17.1 Å². The second-order valence-electron chi connectivity index (χ2n) is 4.90. The van der Waals surface area contributed by atoms with E-state index in [0.29, 0.717) is 6.04 Å². The molecule has 0 aliphatic carbocycles. The summed E-state index contributed by atoms with van der Waals surface area (Å²) in [5.74, 6) is 0. The van der Waals surface area contributed by atoms with Gasteiger partial charge >= 0.3 is 0 Å². The van der Waals surface area contributed by atoms with Crippen molar-refractivity contribution in [2.24, 2.45) is 5.73 Å². The van der Waals surface area contributed by atoms with Crippen molar-refractivity contribution >= 4 is 11.6 Å². The van der Waals surface area contributed by atoms with Crippen molar-refractivity contribution in [2.45, 2.75) is 45.2 Å². The number of benzene rings is 1. The van der Waals surface area contributed by atoms with E-state index in [9.17, 15) is 0 Å². The van der Waals surface area contributed by atoms with Crippen LogP contribution in [0.1, 0.15) is 44.7 Å². The second-order valence-corrected chi connectivity index (χ2v) is 5.33. The molecule has 18 heavy (non-hydrogen) atoms. The van der Waals surface area contributed by atoms with Crippen molar-refractivity contribution in [2.75, 3.05) is 13.6 Å². The topological polar surface area (TPSA) is 29.3 Å². The van der Waals surface area contributed by atoms with E-state index in [2.05, 4.69) is 25.8 Å². The van der Waals surface area contributed by atoms with Crippen LogP contribution in [0, 0.1) is 0 Å². The molecule has 0 saturated carbocycles. The van der Waals surface area contributed by atoms with Crippen molar-refractivity contribution in [3.05, 3.63) is 34.9 Å². The Morgan fingerprint density at radius 3 is 2.22 bits per heavy atom. The Kier molecular flexibility index (Phi) is 6.69. The van der Waals surface area contributed by atoms with Crippen LogP contribution in [0.5, 0.6) is 0 Å². The van der Waals surface area contributed by atoms with E-state index in [1.54, 1.807) is 0 Å². The van der Waals surface area contributed by atoms with Crippen LogP contribution in [-0.4, -0.2) is 24.5 Å². The van der Waals surface area contributed by atoms with Gasteiger partial charge in [-0.15, -0.1) is 0 Å². The summed E-state index contributed by atoms with van der Waals surface area (Å²) >= 11 is 5.87. The van der Waals surface area contributed by atoms with Crippen molar-refractivity contribution in [1.82, 2.24) is 4.90 Å². The van der Waals surface area contributed by atoms with Crippen LogP contribution >= 0.6 is 11.6 Å². The molecular formula is C15H25ClN2. The van der Waals surface area contributed by atoms with Crippen LogP contribution in [0.4, 0.5) is 0 Å². The molecule has 0 saturated heterocycles. The molecule has 1 atom stereocenters. The number of hydrogen-bond donors (Lipinski definition) is 1. The molecule has 0 radical (unpaired) electrons. The molecule has 1 rings (SSSR count). The standard InChI is InChI=1S/C15H25ClN2/c1-4-14(5-2)18(3)11-10-15(17)12-6-8-13(16)9-7-12/h6-9,14-15H,4-5,10-11,17H2,1-3H3. The third kappa shape index (κ3) is 4.60. The lowest BCUT2D eigenvalue weighted by Crippen LogP contribution is -2.33. The summed E-state index contributed by atoms with van der Waals surface area (Å²) in [5.41, 5.74) is 7.37. The summed E-state index contributed by atoms with van der Waals surface area (Å²) in [6.45, 7) is 5.52. The lowest BCUT2D eigenvalue weighted by molar-refractivity contribution is 0.222. The van der Waals surface area contributed by atoms with Gasteiger partial charge in [-0.1, -0.05) is 37.6 Å². The molecule has 0 fully saturated rings. The predicted molar refractivity (Wildman–Crippen MR) is 80.0 cm³/mol. The average molecular weight is 269 g/mol. The number of nitrogens with two attached hydrogens (primary N) is 1. The highest BCUT2D eigenvalue weighted by Gasteiger charge is 2.12. The van der Waals surface area contributed by atoms with E-state index in [1.165, 1.54) is 12.8 Å². The molecule has 102 valence electrons. The van der Waals surface area contributed by atoms with Gasteiger partial charge in [-0.3, -0.25) is 0 Å². The smallest absolute Gasteiger partial charge is 0.0406 e. The zero-order valence-electron chi connectivity index (χ0n) is 11.7. The molecule has 0 aliphatic heterocycles. The van der Waals surface area contributed by atoms with E-state index in [4.69, 9.17) is 17.3 Å². The molecule has 3 heteroatoms. The minimum absolute atomic E-state index is 0.0964. The van der Waals surface area contributed by atoms with Gasteiger partial charge in [-0.2, -0.15) is 0 Å². The zero-order valence-corrected chi connectivity index (χ0v) is 12.5. The van der Waals surface area contributed by atoms with Crippen molar-refractivity contribution in [1.29, 1.82) is 0 Å². The molecule has 0 amide bonds. The molecule has 1 aromatic rings. The number of hydrogen-bond acceptors (Lipinski definition) is 2. The second kappa shape index (κ2) is 7.78. The minimum atomic E-state index is 0.0964. The normalized spacial score (nSPS) is 13.3. The zero-order chi connectivity index (χ0) is 13.5. The molecule has 1 aromatic carbocycles. The Labute approximate surface area is 116 Å². The van der Waals surface area contributed by atoms with Crippen LogP contribution in [0.2, 0.25) is 5.02 Å². The summed E-state index contributed by atoms with van der Waals surface area (Å²) in [6, 6.07) is 8.61. The molecule has 2 N–H and O–H groups in total. The lowest BCUT2D eigenvalue weighted by Gasteiger charge is -2.27. The van der Waals surface area contributed by atoms with Crippen LogP contribution in [0.25, 0.3) is 0 Å². The average Bonchev–Trinajstić information content (AvgIpc) is 2.38. The van der Waals surface area contributed by atoms with E-state index >= 15 is 0 Å². The Hall–Kier alpha value is -0.570. The van der Waals surface area contributed by atoms with Gasteiger partial charge < -0.3 is 10.6 Å². The fourth-order valence-electron chi connectivity index (χ4n) is 2.31. The van der Waals surface area contributed by atoms with Gasteiger partial charge in [0.1, 0.15) is 0 Å². The highest BCUT2D eigenvalue weighted by molar-refractivity contribution is 6.30. The maximum Gasteiger partial charge on any atom is 0.0406 e. The molecule has 0 bridgehead atoms. The minimum Gasteiger partial charge on any atom is -0.324 e. The summed E-state index contributed by atoms with van der Waals surface area (Å²) in [7, 11) is 2.19. The molecule has 0 heterocycles. The van der Waals surface area contributed by atoms with E-state index < -0.39 is 0 Å². The number of nitrogens with zero attached hydrogens (tertiary/aromatic N) is 1. The van der Waals surface area contributed by atoms with Crippen molar-refractivity contribution in [3.8, 4) is 0 Å². The summed E-state index contributed by atoms with van der Waals surface area (Å²) < 4.78 is 0. The van der Waals surface area contributed by atoms with Crippen molar-refractivity contribution < 1.29 is 0 Å². The van der Waals surface area contributed by atoms with Gasteiger partial charge in [0.2, 0.25) is 0 Å². The number of rotatable bonds is 7. The Morgan fingerprint density at radius 1 is 1.17 bits per heavy atom. The highest BCUT2D eigenvalue weighted by Crippen LogP contribution is 2.18. The summed E-state index contributed by atoms with van der Waals surface area (Å²) in [6.07, 6.45) is 3.38. The molecule has 2 nitrogen and oxygen atoms in total. The van der Waals surface area contributed by atoms with Gasteiger partial charge in [-0.25, -0.2) is 0 Å². The molecule has 0 aromatic heterocycles. The van der Waals surface area contributed by atoms with Crippen LogP contribution < -0.4 is 5.73 Å². The SMILES string of the molecule is CCC(CC)N(C)CCC(N)c1ccc(Cl)cc1. The quantitative estimate of drug-likeness (QED) is 0.814. The van der Waals surface area contributed by atoms with Crippen molar-refractivity contribution in [3.63, 3.8) is 0 Å². The first-order chi connectivity index (χ1) is 8.58. The Balaban J connectivity index is 2.45. The van der Waals surface area contributed by atoms with Gasteiger partial charge in [-0.05, 0) is 50.6 Å². The first-order valence-electron chi connectivity index (χ1n) is 6.79. The van der Waals surface area contributed by atoms with E-state index in [1.807, 2.05) is 24.3 Å². The fourth-order valence-corrected chi connectivity index (χ4v) is 2.44. The van der Waals surface area contributed by atoms with Crippen LogP contribution in [0.3, 0.4) is 0 Å². The van der Waals surface area contributed by atoms with Crippen LogP contribution in [0.15, 0.2) is 24.3 Å². The summed E-state index contributed by atoms with van der Waals surface area (Å²) in [4.78, 5) is 2.41. The third-order valence-corrected chi connectivity index (χ3v) is 3.91. The van der Waals surface area contributed by atoms with Gasteiger partial charge in [0.25, 0.3) is 0 Å². The van der Waals surface area contributed by atoms with E-state index in [0.717, 1.165) is 23.6 Å². The molecule has 0 spiro atoms. The Morgan fingerprint density at radius 2 is 1.72 bits per heavy atom. The molecule has 1 unspecified atom stereocenters. The monoisotopic (exact) mass is 268 g/mol. The van der Waals surface area contributed by atoms with Crippen LogP contribution in [-0.2, 0) is 0 Å². The maximum absolute atomic E-state index is 6.21. The first kappa shape index (κ1) is 15.5. The first-order valence-corrected chi connectivity index (χ1v) is 7.17. The predicted octanol–water partition coefficient (Wildman–Crippen LogP) is 3.85. The largest absolute Gasteiger partial charge is 0.324 e. The molecular weight excluding hydrogens is 244 g/mol. The lowest BCUT2D eigenvalue weighted by atomic mass is 10.0. The Bertz CT molecular complexity index is 333. The maximum atomic E-state index is 6.21. The third-order valence-electron chi connectivity index (χ3n) is 3.66. The molecule has 0 aliphatic rings.